The summed E-state index contributed by atoms with van der Waals surface area (Å²) in [6.45, 7) is 8.91. The first-order chi connectivity index (χ1) is 9.15. The number of benzene rings is 1. The summed E-state index contributed by atoms with van der Waals surface area (Å²) in [5, 5.41) is 9.89. The SMILES string of the molecule is CCCN(CCC)C1CCc2cc(C)c(O)cc2C1. The maximum atomic E-state index is 9.89. The molecule has 1 unspecified atom stereocenters. The molecule has 106 valence electrons. The lowest BCUT2D eigenvalue weighted by Crippen LogP contribution is -2.40. The summed E-state index contributed by atoms with van der Waals surface area (Å²) in [6.07, 6.45) is 5.97. The fourth-order valence-electron chi connectivity index (χ4n) is 3.26. The molecule has 1 aliphatic rings. The Hall–Kier alpha value is -1.02. The molecule has 0 radical (unpaired) electrons. The van der Waals surface area contributed by atoms with Crippen molar-refractivity contribution < 1.29 is 5.11 Å². The first-order valence-electron chi connectivity index (χ1n) is 7.71. The molecule has 0 amide bonds. The minimum atomic E-state index is 0.455. The molecule has 1 atom stereocenters. The summed E-state index contributed by atoms with van der Waals surface area (Å²) in [5.41, 5.74) is 3.81. The van der Waals surface area contributed by atoms with Crippen molar-refractivity contribution in [1.82, 2.24) is 4.90 Å². The lowest BCUT2D eigenvalue weighted by Gasteiger charge is -2.35. The summed E-state index contributed by atoms with van der Waals surface area (Å²) < 4.78 is 0. The van der Waals surface area contributed by atoms with Gasteiger partial charge < -0.3 is 10.0 Å². The van der Waals surface area contributed by atoms with Gasteiger partial charge in [-0.3, -0.25) is 0 Å². The molecule has 2 heteroatoms. The zero-order chi connectivity index (χ0) is 13.8. The number of hydrogen-bond acceptors (Lipinski definition) is 2. The van der Waals surface area contributed by atoms with Crippen molar-refractivity contribution in [2.75, 3.05) is 13.1 Å². The highest BCUT2D eigenvalue weighted by Gasteiger charge is 2.24. The summed E-state index contributed by atoms with van der Waals surface area (Å²) in [4.78, 5) is 2.64. The molecule has 0 fully saturated rings. The molecule has 0 spiro atoms. The number of aromatic hydroxyl groups is 1. The Morgan fingerprint density at radius 2 is 1.84 bits per heavy atom. The van der Waals surface area contributed by atoms with Crippen molar-refractivity contribution in [2.24, 2.45) is 0 Å². The topological polar surface area (TPSA) is 23.5 Å². The molecule has 0 aromatic heterocycles. The second kappa shape index (κ2) is 6.42. The van der Waals surface area contributed by atoms with Crippen LogP contribution in [0.4, 0.5) is 0 Å². The molecule has 0 heterocycles. The highest BCUT2D eigenvalue weighted by Crippen LogP contribution is 2.30. The summed E-state index contributed by atoms with van der Waals surface area (Å²) >= 11 is 0. The van der Waals surface area contributed by atoms with Crippen molar-refractivity contribution >= 4 is 0 Å². The van der Waals surface area contributed by atoms with Gasteiger partial charge in [-0.25, -0.2) is 0 Å². The smallest absolute Gasteiger partial charge is 0.118 e. The van der Waals surface area contributed by atoms with Crippen LogP contribution in [0.25, 0.3) is 0 Å². The highest BCUT2D eigenvalue weighted by molar-refractivity contribution is 5.42. The van der Waals surface area contributed by atoms with Gasteiger partial charge in [0.05, 0.1) is 0 Å². The Kier molecular flexibility index (Phi) is 4.87. The van der Waals surface area contributed by atoms with Crippen LogP contribution in [-0.2, 0) is 12.8 Å². The van der Waals surface area contributed by atoms with Gasteiger partial charge in [-0.05, 0) is 74.9 Å². The minimum Gasteiger partial charge on any atom is -0.508 e. The number of aryl methyl sites for hydroxylation is 2. The molecule has 0 saturated carbocycles. The van der Waals surface area contributed by atoms with E-state index in [0.717, 1.165) is 18.4 Å². The number of rotatable bonds is 5. The maximum absolute atomic E-state index is 9.89. The van der Waals surface area contributed by atoms with E-state index < -0.39 is 0 Å². The van der Waals surface area contributed by atoms with Crippen LogP contribution >= 0.6 is 0 Å². The quantitative estimate of drug-likeness (QED) is 0.874. The van der Waals surface area contributed by atoms with Crippen molar-refractivity contribution in [2.45, 2.75) is 58.9 Å². The van der Waals surface area contributed by atoms with Crippen LogP contribution in [0.2, 0.25) is 0 Å². The normalized spacial score (nSPS) is 18.6. The summed E-state index contributed by atoms with van der Waals surface area (Å²) in [7, 11) is 0. The largest absolute Gasteiger partial charge is 0.508 e. The standard InChI is InChI=1S/C17H27NO/c1-4-8-18(9-5-2)16-7-6-14-10-13(3)17(19)12-15(14)11-16/h10,12,16,19H,4-9,11H2,1-3H3. The predicted octanol–water partition coefficient (Wildman–Crippen LogP) is 3.68. The van der Waals surface area contributed by atoms with E-state index >= 15 is 0 Å². The van der Waals surface area contributed by atoms with E-state index in [0.29, 0.717) is 11.8 Å². The van der Waals surface area contributed by atoms with E-state index in [9.17, 15) is 5.11 Å². The van der Waals surface area contributed by atoms with Gasteiger partial charge in [0.25, 0.3) is 0 Å². The van der Waals surface area contributed by atoms with Crippen LogP contribution in [0, 0.1) is 6.92 Å². The lowest BCUT2D eigenvalue weighted by molar-refractivity contribution is 0.180. The predicted molar refractivity (Wildman–Crippen MR) is 80.8 cm³/mol. The van der Waals surface area contributed by atoms with Crippen LogP contribution < -0.4 is 0 Å². The maximum Gasteiger partial charge on any atom is 0.118 e. The van der Waals surface area contributed by atoms with E-state index in [4.69, 9.17) is 0 Å². The third-order valence-electron chi connectivity index (χ3n) is 4.26. The molecule has 1 aliphatic carbocycles. The van der Waals surface area contributed by atoms with Gasteiger partial charge in [-0.1, -0.05) is 19.9 Å². The van der Waals surface area contributed by atoms with E-state index in [1.54, 1.807) is 0 Å². The second-order valence-electron chi connectivity index (χ2n) is 5.84. The van der Waals surface area contributed by atoms with E-state index in [1.807, 2.05) is 13.0 Å². The molecule has 0 saturated heterocycles. The van der Waals surface area contributed by atoms with Crippen molar-refractivity contribution in [3.05, 3.63) is 28.8 Å². The minimum absolute atomic E-state index is 0.455. The first kappa shape index (κ1) is 14.4. The van der Waals surface area contributed by atoms with Gasteiger partial charge in [0.15, 0.2) is 0 Å². The Labute approximate surface area is 117 Å². The van der Waals surface area contributed by atoms with Gasteiger partial charge in [0.2, 0.25) is 0 Å². The third-order valence-corrected chi connectivity index (χ3v) is 4.26. The Bertz CT molecular complexity index is 422. The number of fused-ring (bicyclic) bond motifs is 1. The van der Waals surface area contributed by atoms with Gasteiger partial charge >= 0.3 is 0 Å². The molecule has 0 bridgehead atoms. The molecular formula is C17H27NO. The first-order valence-corrected chi connectivity index (χ1v) is 7.71. The van der Waals surface area contributed by atoms with Gasteiger partial charge in [-0.2, -0.15) is 0 Å². The Balaban J connectivity index is 2.14. The lowest BCUT2D eigenvalue weighted by atomic mass is 9.86. The molecule has 1 N–H and O–H groups in total. The fourth-order valence-corrected chi connectivity index (χ4v) is 3.26. The average Bonchev–Trinajstić information content (AvgIpc) is 2.39. The number of hydrogen-bond donors (Lipinski definition) is 1. The van der Waals surface area contributed by atoms with Crippen LogP contribution in [0.3, 0.4) is 0 Å². The van der Waals surface area contributed by atoms with Crippen molar-refractivity contribution in [1.29, 1.82) is 0 Å². The Morgan fingerprint density at radius 1 is 1.16 bits per heavy atom. The molecule has 2 nitrogen and oxygen atoms in total. The van der Waals surface area contributed by atoms with Crippen LogP contribution in [0.1, 0.15) is 49.8 Å². The summed E-state index contributed by atoms with van der Waals surface area (Å²) in [5.74, 6) is 0.455. The molecule has 19 heavy (non-hydrogen) atoms. The van der Waals surface area contributed by atoms with Crippen molar-refractivity contribution in [3.63, 3.8) is 0 Å². The van der Waals surface area contributed by atoms with Gasteiger partial charge in [0.1, 0.15) is 5.75 Å². The van der Waals surface area contributed by atoms with Crippen molar-refractivity contribution in [3.8, 4) is 5.75 Å². The Morgan fingerprint density at radius 3 is 2.47 bits per heavy atom. The zero-order valence-electron chi connectivity index (χ0n) is 12.6. The molecule has 1 aromatic carbocycles. The van der Waals surface area contributed by atoms with Crippen LogP contribution in [0.15, 0.2) is 12.1 Å². The average molecular weight is 261 g/mol. The number of phenolic OH excluding ortho intramolecular Hbond substituents is 1. The monoisotopic (exact) mass is 261 g/mol. The second-order valence-corrected chi connectivity index (χ2v) is 5.84. The molecule has 0 aliphatic heterocycles. The highest BCUT2D eigenvalue weighted by atomic mass is 16.3. The zero-order valence-corrected chi connectivity index (χ0v) is 12.6. The fraction of sp³-hybridized carbons (Fsp3) is 0.647. The van der Waals surface area contributed by atoms with E-state index in [1.165, 1.54) is 43.5 Å². The van der Waals surface area contributed by atoms with Crippen LogP contribution in [-0.4, -0.2) is 29.1 Å². The number of nitrogens with zero attached hydrogens (tertiary/aromatic N) is 1. The van der Waals surface area contributed by atoms with E-state index in [-0.39, 0.29) is 0 Å². The summed E-state index contributed by atoms with van der Waals surface area (Å²) in [6, 6.07) is 4.83. The molecule has 1 aromatic rings. The van der Waals surface area contributed by atoms with Gasteiger partial charge in [-0.15, -0.1) is 0 Å². The van der Waals surface area contributed by atoms with E-state index in [2.05, 4.69) is 24.8 Å². The van der Waals surface area contributed by atoms with Gasteiger partial charge in [0, 0.05) is 6.04 Å². The third kappa shape index (κ3) is 3.30. The number of phenols is 1. The molecular weight excluding hydrogens is 234 g/mol. The molecule has 2 rings (SSSR count). The van der Waals surface area contributed by atoms with Crippen LogP contribution in [0.5, 0.6) is 5.75 Å².